The van der Waals surface area contributed by atoms with Gasteiger partial charge in [0.05, 0.1) is 5.60 Å². The van der Waals surface area contributed by atoms with Gasteiger partial charge in [-0.25, -0.2) is 0 Å². The number of thioether (sulfide) groups is 2. The Morgan fingerprint density at radius 1 is 1.25 bits per heavy atom. The average molecular weight is 317 g/mol. The van der Waals surface area contributed by atoms with Gasteiger partial charge in [-0.1, -0.05) is 19.8 Å². The third-order valence-corrected chi connectivity index (χ3v) is 8.55. The van der Waals surface area contributed by atoms with Crippen LogP contribution in [0, 0.1) is 5.92 Å². The lowest BCUT2D eigenvalue weighted by molar-refractivity contribution is -0.0979. The summed E-state index contributed by atoms with van der Waals surface area (Å²) in [6.07, 6.45) is 7.61. The van der Waals surface area contributed by atoms with Crippen molar-refractivity contribution in [2.24, 2.45) is 11.8 Å². The summed E-state index contributed by atoms with van der Waals surface area (Å²) in [7, 11) is 0. The highest BCUT2D eigenvalue weighted by atomic mass is 32.2. The zero-order valence-electron chi connectivity index (χ0n) is 12.5. The van der Waals surface area contributed by atoms with Crippen LogP contribution in [0.5, 0.6) is 0 Å². The number of ether oxygens (including phenoxy) is 1. The lowest BCUT2D eigenvalue weighted by Gasteiger charge is -2.45. The summed E-state index contributed by atoms with van der Waals surface area (Å²) in [6, 6.07) is 0.448. The third kappa shape index (κ3) is 3.17. The number of hydrogen-bond acceptors (Lipinski definition) is 5. The number of rotatable bonds is 3. The molecule has 20 heavy (non-hydrogen) atoms. The van der Waals surface area contributed by atoms with Gasteiger partial charge in [-0.3, -0.25) is 11.3 Å². The van der Waals surface area contributed by atoms with Gasteiger partial charge < -0.3 is 4.74 Å². The largest absolute Gasteiger partial charge is 0.375 e. The van der Waals surface area contributed by atoms with Crippen LogP contribution in [0.15, 0.2) is 0 Å². The maximum absolute atomic E-state index is 6.18. The Hall–Kier alpha value is 0.580. The zero-order valence-corrected chi connectivity index (χ0v) is 14.1. The molecule has 4 unspecified atom stereocenters. The molecule has 1 spiro atoms. The quantitative estimate of drug-likeness (QED) is 0.619. The fourth-order valence-electron chi connectivity index (χ4n) is 4.28. The van der Waals surface area contributed by atoms with Gasteiger partial charge in [0.2, 0.25) is 0 Å². The van der Waals surface area contributed by atoms with E-state index in [0.29, 0.717) is 22.5 Å². The molecule has 2 heterocycles. The fourth-order valence-corrected chi connectivity index (χ4v) is 7.31. The summed E-state index contributed by atoms with van der Waals surface area (Å²) in [5.41, 5.74) is 3.39. The van der Waals surface area contributed by atoms with Crippen molar-refractivity contribution in [3.63, 3.8) is 0 Å². The molecule has 0 aromatic heterocycles. The topological polar surface area (TPSA) is 47.3 Å². The van der Waals surface area contributed by atoms with E-state index in [1.807, 2.05) is 0 Å². The summed E-state index contributed by atoms with van der Waals surface area (Å²) in [5.74, 6) is 9.22. The first-order valence-corrected chi connectivity index (χ1v) is 10.2. The van der Waals surface area contributed by atoms with E-state index in [4.69, 9.17) is 10.6 Å². The molecule has 0 aromatic rings. The molecule has 3 aliphatic rings. The average Bonchev–Trinajstić information content (AvgIpc) is 2.90. The van der Waals surface area contributed by atoms with Crippen LogP contribution in [-0.2, 0) is 4.74 Å². The Morgan fingerprint density at radius 2 is 2.00 bits per heavy atom. The molecule has 1 saturated carbocycles. The van der Waals surface area contributed by atoms with Crippen molar-refractivity contribution < 1.29 is 4.74 Å². The molecular formula is C15H28N2OS2. The van der Waals surface area contributed by atoms with E-state index in [9.17, 15) is 0 Å². The Morgan fingerprint density at radius 3 is 2.70 bits per heavy atom. The Kier molecular flexibility index (Phi) is 5.24. The number of hydrogen-bond donors (Lipinski definition) is 2. The lowest BCUT2D eigenvalue weighted by atomic mass is 9.79. The molecule has 5 heteroatoms. The molecule has 0 amide bonds. The Balaban J connectivity index is 1.68. The van der Waals surface area contributed by atoms with E-state index in [2.05, 4.69) is 35.9 Å². The number of hydrazine groups is 1. The second-order valence-corrected chi connectivity index (χ2v) is 9.37. The molecule has 2 saturated heterocycles. The minimum absolute atomic E-state index is 0.202. The van der Waals surface area contributed by atoms with Crippen LogP contribution in [0.4, 0.5) is 0 Å². The highest BCUT2D eigenvalue weighted by molar-refractivity contribution is 8.07. The maximum atomic E-state index is 6.18. The van der Waals surface area contributed by atoms with E-state index in [-0.39, 0.29) is 5.60 Å². The normalized spacial score (nSPS) is 39.0. The van der Waals surface area contributed by atoms with Gasteiger partial charge in [0.15, 0.2) is 0 Å². The predicted molar refractivity (Wildman–Crippen MR) is 89.2 cm³/mol. The van der Waals surface area contributed by atoms with Crippen molar-refractivity contribution in [3.05, 3.63) is 0 Å². The van der Waals surface area contributed by atoms with Crippen molar-refractivity contribution >= 4 is 23.5 Å². The van der Waals surface area contributed by atoms with E-state index >= 15 is 0 Å². The molecule has 0 bridgehead atoms. The van der Waals surface area contributed by atoms with Gasteiger partial charge in [0.25, 0.3) is 0 Å². The molecule has 0 radical (unpaired) electrons. The number of nitrogens with two attached hydrogens (primary N) is 1. The van der Waals surface area contributed by atoms with Gasteiger partial charge in [-0.15, -0.1) is 0 Å². The van der Waals surface area contributed by atoms with Crippen molar-refractivity contribution in [1.82, 2.24) is 5.43 Å². The Bertz CT molecular complexity index is 323. The van der Waals surface area contributed by atoms with Gasteiger partial charge in [0.1, 0.15) is 0 Å². The molecule has 1 aliphatic carbocycles. The van der Waals surface area contributed by atoms with Crippen LogP contribution in [0.3, 0.4) is 0 Å². The van der Waals surface area contributed by atoms with Crippen LogP contribution in [0.1, 0.15) is 45.4 Å². The van der Waals surface area contributed by atoms with Gasteiger partial charge in [0, 0.05) is 34.7 Å². The van der Waals surface area contributed by atoms with Crippen LogP contribution in [0.2, 0.25) is 0 Å². The number of nitrogens with one attached hydrogen (secondary N) is 1. The minimum Gasteiger partial charge on any atom is -0.375 e. The van der Waals surface area contributed by atoms with Crippen LogP contribution < -0.4 is 11.3 Å². The summed E-state index contributed by atoms with van der Waals surface area (Å²) >= 11 is 4.23. The molecule has 2 aliphatic heterocycles. The highest BCUT2D eigenvalue weighted by Gasteiger charge is 2.44. The Labute approximate surface area is 131 Å². The van der Waals surface area contributed by atoms with Crippen LogP contribution in [0.25, 0.3) is 0 Å². The van der Waals surface area contributed by atoms with Gasteiger partial charge in [-0.05, 0) is 31.6 Å². The second-order valence-electron chi connectivity index (χ2n) is 6.60. The summed E-state index contributed by atoms with van der Waals surface area (Å²) < 4.78 is 6.18. The van der Waals surface area contributed by atoms with Crippen molar-refractivity contribution in [2.45, 2.75) is 67.6 Å². The van der Waals surface area contributed by atoms with Crippen molar-refractivity contribution in [2.75, 3.05) is 18.1 Å². The highest BCUT2D eigenvalue weighted by Crippen LogP contribution is 2.45. The SMILES string of the molecule is CC1SCCSC1C(NN)C1CCOC2(CCCC2)C1. The lowest BCUT2D eigenvalue weighted by Crippen LogP contribution is -2.55. The zero-order chi connectivity index (χ0) is 14.0. The smallest absolute Gasteiger partial charge is 0.0685 e. The van der Waals surface area contributed by atoms with Crippen LogP contribution in [-0.4, -0.2) is 40.3 Å². The van der Waals surface area contributed by atoms with Crippen LogP contribution >= 0.6 is 23.5 Å². The first-order valence-electron chi connectivity index (χ1n) is 8.07. The third-order valence-electron chi connectivity index (χ3n) is 5.34. The van der Waals surface area contributed by atoms with Gasteiger partial charge >= 0.3 is 0 Å². The van der Waals surface area contributed by atoms with Crippen molar-refractivity contribution in [3.8, 4) is 0 Å². The second kappa shape index (κ2) is 6.78. The fraction of sp³-hybridized carbons (Fsp3) is 1.00. The molecule has 3 fully saturated rings. The van der Waals surface area contributed by atoms with E-state index in [1.54, 1.807) is 0 Å². The summed E-state index contributed by atoms with van der Waals surface area (Å²) in [4.78, 5) is 0. The molecule has 4 atom stereocenters. The molecular weight excluding hydrogens is 288 g/mol. The standard InChI is InChI=1S/C15H28N2OS2/c1-11-14(20-9-8-19-11)13(17-16)12-4-7-18-15(10-12)5-2-3-6-15/h11-14,17H,2-10,16H2,1H3. The van der Waals surface area contributed by atoms with Gasteiger partial charge in [-0.2, -0.15) is 23.5 Å². The maximum Gasteiger partial charge on any atom is 0.0685 e. The first kappa shape index (κ1) is 15.5. The first-order chi connectivity index (χ1) is 9.74. The summed E-state index contributed by atoms with van der Waals surface area (Å²) in [5, 5.41) is 1.36. The summed E-state index contributed by atoms with van der Waals surface area (Å²) in [6.45, 7) is 3.30. The molecule has 116 valence electrons. The van der Waals surface area contributed by atoms with E-state index in [0.717, 1.165) is 6.61 Å². The molecule has 0 aromatic carbocycles. The van der Waals surface area contributed by atoms with E-state index in [1.165, 1.54) is 50.0 Å². The van der Waals surface area contributed by atoms with Crippen molar-refractivity contribution in [1.29, 1.82) is 0 Å². The monoisotopic (exact) mass is 316 g/mol. The molecule has 3 N–H and O–H groups in total. The van der Waals surface area contributed by atoms with E-state index < -0.39 is 0 Å². The predicted octanol–water partition coefficient (Wildman–Crippen LogP) is 2.79. The molecule has 3 rings (SSSR count). The minimum atomic E-state index is 0.202. The molecule has 3 nitrogen and oxygen atoms in total.